The number of nitrogens with zero attached hydrogens (tertiary/aromatic N) is 3. The van der Waals surface area contributed by atoms with Crippen molar-refractivity contribution in [2.24, 2.45) is 0 Å². The van der Waals surface area contributed by atoms with E-state index in [0.29, 0.717) is 16.2 Å². The van der Waals surface area contributed by atoms with Gasteiger partial charge in [0.1, 0.15) is 17.4 Å². The molecule has 2 aromatic carbocycles. The lowest BCUT2D eigenvalue weighted by molar-refractivity contribution is -0.387. The lowest BCUT2D eigenvalue weighted by Crippen LogP contribution is -2.23. The standard InChI is InChI=1S/C24H16N4O4S/c25-14-18(24(29)27-15-19-6-3-11-32-19)12-16-8-9-21(20(13-16)28(30)31)33-22-7-1-4-17-5-2-10-26-23(17)22/h1-13H,15H2,(H,27,29)/b18-12+. The molecule has 1 N–H and O–H groups in total. The van der Waals surface area contributed by atoms with Gasteiger partial charge in [-0.1, -0.05) is 36.0 Å². The topological polar surface area (TPSA) is 122 Å². The van der Waals surface area contributed by atoms with Crippen LogP contribution >= 0.6 is 11.8 Å². The molecule has 2 heterocycles. The number of nitro benzene ring substituents is 1. The van der Waals surface area contributed by atoms with Crippen LogP contribution < -0.4 is 5.32 Å². The van der Waals surface area contributed by atoms with Gasteiger partial charge in [-0.2, -0.15) is 5.26 Å². The van der Waals surface area contributed by atoms with Crippen LogP contribution in [0.2, 0.25) is 0 Å². The summed E-state index contributed by atoms with van der Waals surface area (Å²) in [5.41, 5.74) is 0.819. The molecule has 8 nitrogen and oxygen atoms in total. The van der Waals surface area contributed by atoms with Crippen molar-refractivity contribution in [3.63, 3.8) is 0 Å². The number of pyridine rings is 1. The minimum Gasteiger partial charge on any atom is -0.467 e. The van der Waals surface area contributed by atoms with Crippen LogP contribution in [0.25, 0.3) is 17.0 Å². The first-order valence-corrected chi connectivity index (χ1v) is 10.6. The third-order valence-corrected chi connectivity index (χ3v) is 5.79. The molecule has 0 radical (unpaired) electrons. The molecule has 0 aliphatic heterocycles. The van der Waals surface area contributed by atoms with Gasteiger partial charge in [0.25, 0.3) is 11.6 Å². The van der Waals surface area contributed by atoms with Crippen molar-refractivity contribution in [2.75, 3.05) is 0 Å². The largest absolute Gasteiger partial charge is 0.467 e. The number of nitriles is 1. The Kier molecular flexibility index (Phi) is 6.48. The second-order valence-corrected chi connectivity index (χ2v) is 7.93. The van der Waals surface area contributed by atoms with E-state index in [-0.39, 0.29) is 17.8 Å². The van der Waals surface area contributed by atoms with Gasteiger partial charge in [0, 0.05) is 22.5 Å². The number of hydrogen-bond acceptors (Lipinski definition) is 7. The highest BCUT2D eigenvalue weighted by Gasteiger charge is 2.18. The van der Waals surface area contributed by atoms with Crippen molar-refractivity contribution in [3.8, 4) is 6.07 Å². The summed E-state index contributed by atoms with van der Waals surface area (Å²) in [5.74, 6) is -0.0579. The van der Waals surface area contributed by atoms with E-state index in [1.807, 2.05) is 36.4 Å². The zero-order chi connectivity index (χ0) is 23.2. The van der Waals surface area contributed by atoms with E-state index in [2.05, 4.69) is 10.3 Å². The maximum Gasteiger partial charge on any atom is 0.283 e. The van der Waals surface area contributed by atoms with Crippen molar-refractivity contribution in [1.82, 2.24) is 10.3 Å². The molecule has 0 saturated heterocycles. The van der Waals surface area contributed by atoms with Gasteiger partial charge in [-0.3, -0.25) is 19.9 Å². The average Bonchev–Trinajstić information content (AvgIpc) is 3.35. The number of nitrogens with one attached hydrogen (secondary N) is 1. The Morgan fingerprint density at radius 3 is 2.79 bits per heavy atom. The molecule has 162 valence electrons. The summed E-state index contributed by atoms with van der Waals surface area (Å²) in [4.78, 5) is 29.2. The Bertz CT molecular complexity index is 1400. The fraction of sp³-hybridized carbons (Fsp3) is 0.0417. The normalized spacial score (nSPS) is 11.2. The molecule has 0 spiro atoms. The molecule has 4 aromatic rings. The zero-order valence-corrected chi connectivity index (χ0v) is 17.9. The fourth-order valence-electron chi connectivity index (χ4n) is 3.12. The van der Waals surface area contributed by atoms with Gasteiger partial charge in [-0.25, -0.2) is 0 Å². The molecule has 0 unspecified atom stereocenters. The molecule has 0 aliphatic rings. The predicted octanol–water partition coefficient (Wildman–Crippen LogP) is 5.11. The van der Waals surface area contributed by atoms with Crippen molar-refractivity contribution in [1.29, 1.82) is 5.26 Å². The van der Waals surface area contributed by atoms with Crippen LogP contribution in [0, 0.1) is 21.4 Å². The number of benzene rings is 2. The molecule has 0 fully saturated rings. The number of nitro groups is 1. The van der Waals surface area contributed by atoms with Crippen molar-refractivity contribution >= 4 is 40.3 Å². The van der Waals surface area contributed by atoms with Gasteiger partial charge in [-0.15, -0.1) is 0 Å². The zero-order valence-electron chi connectivity index (χ0n) is 17.1. The maximum absolute atomic E-state index is 12.3. The van der Waals surface area contributed by atoms with Crippen molar-refractivity contribution < 1.29 is 14.1 Å². The average molecular weight is 456 g/mol. The molecule has 1 amide bonds. The van der Waals surface area contributed by atoms with Gasteiger partial charge in [-0.05, 0) is 42.0 Å². The third-order valence-electron chi connectivity index (χ3n) is 4.67. The number of furan rings is 1. The lowest BCUT2D eigenvalue weighted by atomic mass is 10.1. The van der Waals surface area contributed by atoms with E-state index in [4.69, 9.17) is 4.42 Å². The number of fused-ring (bicyclic) bond motifs is 1. The monoisotopic (exact) mass is 456 g/mol. The first-order chi connectivity index (χ1) is 16.0. The summed E-state index contributed by atoms with van der Waals surface area (Å²) in [5, 5.41) is 24.7. The predicted molar refractivity (Wildman–Crippen MR) is 123 cm³/mol. The third kappa shape index (κ3) is 5.08. The van der Waals surface area contributed by atoms with E-state index < -0.39 is 10.8 Å². The molecular weight excluding hydrogens is 440 g/mol. The summed E-state index contributed by atoms with van der Waals surface area (Å²) in [6, 6.07) is 19.2. The molecule has 0 atom stereocenters. The molecule has 9 heteroatoms. The Morgan fingerprint density at radius 1 is 1.18 bits per heavy atom. The van der Waals surface area contributed by atoms with Crippen LogP contribution in [0.5, 0.6) is 0 Å². The SMILES string of the molecule is N#C/C(=C\c1ccc(Sc2cccc3cccnc23)c([N+](=O)[O-])c1)C(=O)NCc1ccco1. The second kappa shape index (κ2) is 9.80. The second-order valence-electron chi connectivity index (χ2n) is 6.85. The molecule has 2 aromatic heterocycles. The van der Waals surface area contributed by atoms with E-state index in [9.17, 15) is 20.2 Å². The fourth-order valence-corrected chi connectivity index (χ4v) is 4.15. The van der Waals surface area contributed by atoms with Gasteiger partial charge in [0.05, 0.1) is 28.1 Å². The van der Waals surface area contributed by atoms with Gasteiger partial charge >= 0.3 is 0 Å². The van der Waals surface area contributed by atoms with E-state index in [0.717, 1.165) is 15.8 Å². The summed E-state index contributed by atoms with van der Waals surface area (Å²) < 4.78 is 5.15. The summed E-state index contributed by atoms with van der Waals surface area (Å²) in [6.07, 6.45) is 4.48. The van der Waals surface area contributed by atoms with E-state index in [1.54, 1.807) is 30.5 Å². The number of rotatable bonds is 7. The molecule has 0 saturated carbocycles. The van der Waals surface area contributed by atoms with Crippen LogP contribution in [-0.4, -0.2) is 15.8 Å². The molecule has 0 bridgehead atoms. The lowest BCUT2D eigenvalue weighted by Gasteiger charge is -2.07. The Morgan fingerprint density at radius 2 is 2.03 bits per heavy atom. The van der Waals surface area contributed by atoms with Crippen LogP contribution in [-0.2, 0) is 11.3 Å². The quantitative estimate of drug-likeness (QED) is 0.177. The van der Waals surface area contributed by atoms with Gasteiger partial charge < -0.3 is 9.73 Å². The smallest absolute Gasteiger partial charge is 0.283 e. The Labute approximate surface area is 192 Å². The molecule has 4 rings (SSSR count). The molecular formula is C24H16N4O4S. The molecule has 33 heavy (non-hydrogen) atoms. The summed E-state index contributed by atoms with van der Waals surface area (Å²) in [6.45, 7) is 0.125. The van der Waals surface area contributed by atoms with Crippen molar-refractivity contribution in [3.05, 3.63) is 100 Å². The van der Waals surface area contributed by atoms with Crippen LogP contribution in [0.1, 0.15) is 11.3 Å². The first kappa shape index (κ1) is 21.8. The summed E-state index contributed by atoms with van der Waals surface area (Å²) in [7, 11) is 0. The van der Waals surface area contributed by atoms with Crippen molar-refractivity contribution in [2.45, 2.75) is 16.3 Å². The summed E-state index contributed by atoms with van der Waals surface area (Å²) >= 11 is 1.24. The Balaban J connectivity index is 1.60. The number of carbonyl (C=O) groups excluding carboxylic acids is 1. The molecule has 0 aliphatic carbocycles. The highest BCUT2D eigenvalue weighted by molar-refractivity contribution is 7.99. The van der Waals surface area contributed by atoms with Gasteiger partial charge in [0.15, 0.2) is 0 Å². The highest BCUT2D eigenvalue weighted by atomic mass is 32.2. The van der Waals surface area contributed by atoms with Crippen LogP contribution in [0.3, 0.4) is 0 Å². The Hall–Kier alpha value is -4.42. The highest BCUT2D eigenvalue weighted by Crippen LogP contribution is 2.38. The minimum atomic E-state index is -0.600. The minimum absolute atomic E-state index is 0.125. The van der Waals surface area contributed by atoms with E-state index in [1.165, 1.54) is 30.2 Å². The van der Waals surface area contributed by atoms with Gasteiger partial charge in [0.2, 0.25) is 0 Å². The number of aromatic nitrogens is 1. The van der Waals surface area contributed by atoms with Crippen LogP contribution in [0.4, 0.5) is 5.69 Å². The number of para-hydroxylation sites is 1. The first-order valence-electron chi connectivity index (χ1n) is 9.77. The van der Waals surface area contributed by atoms with Crippen LogP contribution in [0.15, 0.2) is 92.9 Å². The number of carbonyl (C=O) groups is 1. The number of amides is 1. The number of hydrogen-bond donors (Lipinski definition) is 1. The maximum atomic E-state index is 12.3. The van der Waals surface area contributed by atoms with E-state index >= 15 is 0 Å².